The minimum Gasteiger partial charge on any atom is -0.457 e. The van der Waals surface area contributed by atoms with E-state index in [0.29, 0.717) is 0 Å². The van der Waals surface area contributed by atoms with Crippen LogP contribution in [0.15, 0.2) is 64.6 Å². The zero-order chi connectivity index (χ0) is 17.6. The maximum absolute atomic E-state index is 13.1. The van der Waals surface area contributed by atoms with Gasteiger partial charge in [0, 0.05) is 4.88 Å². The molecule has 7 heteroatoms. The molecule has 0 aliphatic carbocycles. The van der Waals surface area contributed by atoms with E-state index in [0.717, 1.165) is 10.4 Å². The number of nitrogens with one attached hydrogen (secondary N) is 1. The minimum atomic E-state index is -0.713. The van der Waals surface area contributed by atoms with Crippen LogP contribution in [-0.4, -0.2) is 18.5 Å². The highest BCUT2D eigenvalue weighted by Crippen LogP contribution is 2.26. The van der Waals surface area contributed by atoms with Gasteiger partial charge < -0.3 is 14.5 Å². The molecule has 0 bridgehead atoms. The molecular weight excluding hydrogens is 345 g/mol. The third-order valence-electron chi connectivity index (χ3n) is 3.39. The van der Waals surface area contributed by atoms with E-state index in [-0.39, 0.29) is 11.6 Å². The van der Waals surface area contributed by atoms with E-state index in [2.05, 4.69) is 5.32 Å². The monoisotopic (exact) mass is 359 g/mol. The smallest absolute Gasteiger partial charge is 0.374 e. The predicted molar refractivity (Wildman–Crippen MR) is 89.7 cm³/mol. The van der Waals surface area contributed by atoms with Gasteiger partial charge in [-0.1, -0.05) is 18.2 Å². The molecule has 0 spiro atoms. The number of carbonyl (C=O) groups excluding carboxylic acids is 2. The van der Waals surface area contributed by atoms with Crippen molar-refractivity contribution in [1.29, 1.82) is 0 Å². The number of ether oxygens (including phenoxy) is 1. The van der Waals surface area contributed by atoms with E-state index in [1.165, 1.54) is 35.8 Å². The van der Waals surface area contributed by atoms with Gasteiger partial charge in [-0.3, -0.25) is 4.79 Å². The molecular formula is C18H14FNO4S. The first-order valence-electron chi connectivity index (χ1n) is 7.42. The van der Waals surface area contributed by atoms with Crippen LogP contribution in [-0.2, 0) is 9.53 Å². The summed E-state index contributed by atoms with van der Waals surface area (Å²) in [6.07, 6.45) is 1.35. The normalized spacial score (nSPS) is 11.7. The Bertz CT molecular complexity index is 829. The molecule has 1 N–H and O–H groups in total. The van der Waals surface area contributed by atoms with E-state index in [1.807, 2.05) is 17.5 Å². The topological polar surface area (TPSA) is 68.5 Å². The van der Waals surface area contributed by atoms with E-state index in [4.69, 9.17) is 9.15 Å². The lowest BCUT2D eigenvalue weighted by Gasteiger charge is -2.18. The number of hydrogen-bond acceptors (Lipinski definition) is 5. The molecule has 0 aliphatic heterocycles. The second-order valence-corrected chi connectivity index (χ2v) is 6.10. The van der Waals surface area contributed by atoms with Gasteiger partial charge in [-0.2, -0.15) is 0 Å². The van der Waals surface area contributed by atoms with Crippen molar-refractivity contribution in [1.82, 2.24) is 5.32 Å². The molecule has 0 fully saturated rings. The largest absolute Gasteiger partial charge is 0.457 e. The van der Waals surface area contributed by atoms with Crippen LogP contribution in [0.4, 0.5) is 4.39 Å². The first kappa shape index (κ1) is 16.9. The van der Waals surface area contributed by atoms with Crippen molar-refractivity contribution in [3.05, 3.63) is 82.2 Å². The summed E-state index contributed by atoms with van der Waals surface area (Å²) in [5.74, 6) is -1.51. The predicted octanol–water partition coefficient (Wildman–Crippen LogP) is 3.54. The third-order valence-corrected chi connectivity index (χ3v) is 4.33. The van der Waals surface area contributed by atoms with Crippen LogP contribution < -0.4 is 5.32 Å². The van der Waals surface area contributed by atoms with Crippen LogP contribution in [0.25, 0.3) is 0 Å². The molecule has 128 valence electrons. The average Bonchev–Trinajstić information content (AvgIpc) is 3.31. The Kier molecular flexibility index (Phi) is 5.25. The first-order chi connectivity index (χ1) is 12.1. The molecule has 25 heavy (non-hydrogen) atoms. The Morgan fingerprint density at radius 1 is 1.16 bits per heavy atom. The zero-order valence-corrected chi connectivity index (χ0v) is 13.8. The van der Waals surface area contributed by atoms with Crippen LogP contribution in [0.2, 0.25) is 0 Å². The van der Waals surface area contributed by atoms with Crippen molar-refractivity contribution in [2.75, 3.05) is 6.61 Å². The highest BCUT2D eigenvalue weighted by atomic mass is 32.1. The van der Waals surface area contributed by atoms with Crippen LogP contribution in [0.5, 0.6) is 0 Å². The van der Waals surface area contributed by atoms with E-state index >= 15 is 0 Å². The Morgan fingerprint density at radius 3 is 2.60 bits per heavy atom. The minimum absolute atomic E-state index is 0.0288. The first-order valence-corrected chi connectivity index (χ1v) is 8.30. The molecule has 3 rings (SSSR count). The number of benzene rings is 1. The fourth-order valence-electron chi connectivity index (χ4n) is 2.23. The number of halogens is 1. The fraction of sp³-hybridized carbons (Fsp3) is 0.111. The second-order valence-electron chi connectivity index (χ2n) is 5.12. The summed E-state index contributed by atoms with van der Waals surface area (Å²) in [5, 5.41) is 4.68. The van der Waals surface area contributed by atoms with Gasteiger partial charge in [0.2, 0.25) is 5.76 Å². The molecule has 0 saturated heterocycles. The molecule has 2 aromatic heterocycles. The van der Waals surface area contributed by atoms with Gasteiger partial charge in [-0.25, -0.2) is 9.18 Å². The summed E-state index contributed by atoms with van der Waals surface area (Å²) in [4.78, 5) is 24.8. The van der Waals surface area contributed by atoms with Crippen LogP contribution in [0, 0.1) is 5.82 Å². The van der Waals surface area contributed by atoms with Gasteiger partial charge >= 0.3 is 5.97 Å². The Hall–Kier alpha value is -2.93. The summed E-state index contributed by atoms with van der Waals surface area (Å²) in [6.45, 7) is -0.442. The Labute approximate surface area is 147 Å². The lowest BCUT2D eigenvalue weighted by molar-refractivity contribution is -0.124. The molecule has 1 amide bonds. The molecule has 0 saturated carbocycles. The lowest BCUT2D eigenvalue weighted by Crippen LogP contribution is -2.32. The van der Waals surface area contributed by atoms with Crippen molar-refractivity contribution in [2.45, 2.75) is 6.04 Å². The molecule has 2 heterocycles. The quantitative estimate of drug-likeness (QED) is 0.684. The average molecular weight is 359 g/mol. The van der Waals surface area contributed by atoms with Gasteiger partial charge in [0.15, 0.2) is 6.61 Å². The number of rotatable bonds is 6. The van der Waals surface area contributed by atoms with Gasteiger partial charge in [-0.05, 0) is 41.3 Å². The van der Waals surface area contributed by atoms with Gasteiger partial charge in [-0.15, -0.1) is 11.3 Å². The lowest BCUT2D eigenvalue weighted by atomic mass is 10.1. The fourth-order valence-corrected chi connectivity index (χ4v) is 3.03. The van der Waals surface area contributed by atoms with Crippen molar-refractivity contribution < 1.29 is 23.1 Å². The zero-order valence-electron chi connectivity index (χ0n) is 13.0. The van der Waals surface area contributed by atoms with Crippen molar-refractivity contribution in [3.63, 3.8) is 0 Å². The summed E-state index contributed by atoms with van der Waals surface area (Å²) >= 11 is 1.46. The third kappa shape index (κ3) is 4.33. The number of hydrogen-bond donors (Lipinski definition) is 1. The summed E-state index contributed by atoms with van der Waals surface area (Å²) in [5.41, 5.74) is 0.731. The van der Waals surface area contributed by atoms with Gasteiger partial charge in [0.25, 0.3) is 5.91 Å². The second kappa shape index (κ2) is 7.76. The maximum Gasteiger partial charge on any atom is 0.374 e. The van der Waals surface area contributed by atoms with Gasteiger partial charge in [0.1, 0.15) is 5.82 Å². The number of esters is 1. The Morgan fingerprint density at radius 2 is 1.96 bits per heavy atom. The van der Waals surface area contributed by atoms with Crippen molar-refractivity contribution in [3.8, 4) is 0 Å². The van der Waals surface area contributed by atoms with Crippen molar-refractivity contribution >= 4 is 23.2 Å². The van der Waals surface area contributed by atoms with E-state index in [1.54, 1.807) is 18.2 Å². The Balaban J connectivity index is 1.67. The molecule has 3 aromatic rings. The van der Waals surface area contributed by atoms with Crippen molar-refractivity contribution in [2.24, 2.45) is 0 Å². The summed E-state index contributed by atoms with van der Waals surface area (Å²) < 4.78 is 23.0. The standard InChI is InChI=1S/C18H14FNO4S/c19-13-7-5-12(6-8-13)17(15-4-2-10-25-15)20-16(21)11-24-18(22)14-3-1-9-23-14/h1-10,17H,11H2,(H,20,21)/t17-/m0/s1. The van der Waals surface area contributed by atoms with Crippen LogP contribution >= 0.6 is 11.3 Å². The van der Waals surface area contributed by atoms with Gasteiger partial charge in [0.05, 0.1) is 12.3 Å². The molecule has 1 aromatic carbocycles. The number of amides is 1. The molecule has 0 aliphatic rings. The molecule has 1 atom stereocenters. The number of carbonyl (C=O) groups is 2. The SMILES string of the molecule is O=C(COC(=O)c1ccco1)N[C@@H](c1ccc(F)cc1)c1cccs1. The van der Waals surface area contributed by atoms with E-state index < -0.39 is 24.5 Å². The molecule has 0 radical (unpaired) electrons. The highest BCUT2D eigenvalue weighted by molar-refractivity contribution is 7.10. The molecule has 0 unspecified atom stereocenters. The number of thiophene rings is 1. The van der Waals surface area contributed by atoms with E-state index in [9.17, 15) is 14.0 Å². The maximum atomic E-state index is 13.1. The number of furan rings is 1. The highest BCUT2D eigenvalue weighted by Gasteiger charge is 2.19. The molecule has 5 nitrogen and oxygen atoms in total. The summed E-state index contributed by atoms with van der Waals surface area (Å²) in [6, 6.07) is 12.2. The van der Waals surface area contributed by atoms with Crippen LogP contribution in [0.1, 0.15) is 27.0 Å². The summed E-state index contributed by atoms with van der Waals surface area (Å²) in [7, 11) is 0. The van der Waals surface area contributed by atoms with Crippen LogP contribution in [0.3, 0.4) is 0 Å².